The molecule has 4 N–H and O–H groups in total. The molecule has 1 heterocycles. The van der Waals surface area contributed by atoms with Crippen molar-refractivity contribution in [1.82, 2.24) is 0 Å². The zero-order valence-corrected chi connectivity index (χ0v) is 17.0. The molecule has 0 aliphatic carbocycles. The third-order valence-corrected chi connectivity index (χ3v) is 5.54. The van der Waals surface area contributed by atoms with Gasteiger partial charge >= 0.3 is 0 Å². The van der Waals surface area contributed by atoms with Gasteiger partial charge < -0.3 is 29.9 Å². The lowest BCUT2D eigenvalue weighted by atomic mass is 9.91. The third-order valence-electron chi connectivity index (χ3n) is 5.17. The minimum absolute atomic E-state index is 0.314. The van der Waals surface area contributed by atoms with Crippen molar-refractivity contribution in [2.75, 3.05) is 13.2 Å². The molecule has 2 aromatic rings. The zero-order valence-electron chi connectivity index (χ0n) is 16.2. The van der Waals surface area contributed by atoms with Crippen LogP contribution in [-0.4, -0.2) is 64.2 Å². The van der Waals surface area contributed by atoms with Gasteiger partial charge in [-0.2, -0.15) is 0 Å². The Labute approximate surface area is 175 Å². The van der Waals surface area contributed by atoms with E-state index >= 15 is 0 Å². The van der Waals surface area contributed by atoms with Crippen LogP contribution < -0.4 is 4.74 Å². The predicted molar refractivity (Wildman–Crippen MR) is 109 cm³/mol. The fourth-order valence-electron chi connectivity index (χ4n) is 3.56. The normalized spacial score (nSPS) is 27.0. The highest BCUT2D eigenvalue weighted by molar-refractivity contribution is 6.31. The van der Waals surface area contributed by atoms with Gasteiger partial charge in [-0.25, -0.2) is 0 Å². The third kappa shape index (κ3) is 5.28. The number of rotatable bonds is 7. The number of hydrogen-bond acceptors (Lipinski definition) is 6. The van der Waals surface area contributed by atoms with Crippen LogP contribution in [0.1, 0.15) is 23.6 Å². The van der Waals surface area contributed by atoms with E-state index in [0.29, 0.717) is 24.5 Å². The van der Waals surface area contributed by atoms with E-state index in [1.165, 1.54) is 0 Å². The van der Waals surface area contributed by atoms with E-state index in [1.807, 2.05) is 43.3 Å². The molecule has 7 heteroatoms. The Bertz CT molecular complexity index is 794. The second-order valence-electron chi connectivity index (χ2n) is 7.25. The SMILES string of the molecule is CCOc1ccc(Cc2cc(CC3OC(CO)C(O)C(O)C3O)ccc2Cl)cc1. The average molecular weight is 423 g/mol. The number of ether oxygens (including phenoxy) is 2. The lowest BCUT2D eigenvalue weighted by Crippen LogP contribution is -2.59. The molecule has 1 aliphatic heterocycles. The van der Waals surface area contributed by atoms with E-state index in [-0.39, 0.29) is 0 Å². The molecular formula is C22H27ClO6. The monoisotopic (exact) mass is 422 g/mol. The molecule has 3 rings (SSSR count). The lowest BCUT2D eigenvalue weighted by Gasteiger charge is -2.40. The Morgan fingerprint density at radius 3 is 2.24 bits per heavy atom. The molecule has 0 saturated carbocycles. The Hall–Kier alpha value is -1.67. The minimum atomic E-state index is -1.37. The molecule has 0 radical (unpaired) electrons. The van der Waals surface area contributed by atoms with Gasteiger partial charge in [0, 0.05) is 11.4 Å². The summed E-state index contributed by atoms with van der Waals surface area (Å²) in [5, 5.41) is 40.1. The first-order valence-corrected chi connectivity index (χ1v) is 10.1. The molecule has 6 nitrogen and oxygen atoms in total. The number of hydrogen-bond donors (Lipinski definition) is 4. The van der Waals surface area contributed by atoms with E-state index in [2.05, 4.69) is 0 Å². The van der Waals surface area contributed by atoms with Crippen LogP contribution in [-0.2, 0) is 17.6 Å². The average Bonchev–Trinajstić information content (AvgIpc) is 2.72. The van der Waals surface area contributed by atoms with Gasteiger partial charge in [-0.3, -0.25) is 0 Å². The van der Waals surface area contributed by atoms with Crippen molar-refractivity contribution in [3.8, 4) is 5.75 Å². The summed E-state index contributed by atoms with van der Waals surface area (Å²) in [4.78, 5) is 0. The molecule has 0 amide bonds. The second kappa shape index (κ2) is 9.89. The molecule has 5 atom stereocenters. The van der Waals surface area contributed by atoms with Crippen LogP contribution in [0.2, 0.25) is 5.02 Å². The second-order valence-corrected chi connectivity index (χ2v) is 7.66. The highest BCUT2D eigenvalue weighted by Crippen LogP contribution is 2.27. The Morgan fingerprint density at radius 1 is 0.931 bits per heavy atom. The van der Waals surface area contributed by atoms with Crippen LogP contribution in [0.3, 0.4) is 0 Å². The van der Waals surface area contributed by atoms with Gasteiger partial charge in [0.1, 0.15) is 30.2 Å². The number of aliphatic hydroxyl groups is 4. The number of halogens is 1. The van der Waals surface area contributed by atoms with Gasteiger partial charge in [0.2, 0.25) is 0 Å². The van der Waals surface area contributed by atoms with Crippen molar-refractivity contribution in [3.05, 3.63) is 64.2 Å². The topological polar surface area (TPSA) is 99.4 Å². The summed E-state index contributed by atoms with van der Waals surface area (Å²) in [5.74, 6) is 0.818. The zero-order chi connectivity index (χ0) is 21.0. The van der Waals surface area contributed by atoms with Crippen molar-refractivity contribution in [2.24, 2.45) is 0 Å². The first-order valence-electron chi connectivity index (χ1n) is 9.72. The maximum atomic E-state index is 10.3. The summed E-state index contributed by atoms with van der Waals surface area (Å²) >= 11 is 6.38. The summed E-state index contributed by atoms with van der Waals surface area (Å²) in [6.45, 7) is 2.12. The minimum Gasteiger partial charge on any atom is -0.494 e. The number of benzene rings is 2. The molecule has 0 aromatic heterocycles. The standard InChI is InChI=1S/C22H27ClO6/c1-2-28-16-6-3-13(4-7-16)9-15-10-14(5-8-17(15)23)11-18-20(25)22(27)21(26)19(12-24)29-18/h3-8,10,18-22,24-27H,2,9,11-12H2,1H3. The summed E-state index contributed by atoms with van der Waals surface area (Å²) in [7, 11) is 0. The first kappa shape index (κ1) is 22.0. The van der Waals surface area contributed by atoms with Crippen molar-refractivity contribution in [1.29, 1.82) is 0 Å². The quantitative estimate of drug-likeness (QED) is 0.542. The molecule has 1 saturated heterocycles. The maximum absolute atomic E-state index is 10.3. The number of aliphatic hydroxyl groups excluding tert-OH is 4. The van der Waals surface area contributed by atoms with Crippen LogP contribution in [0.4, 0.5) is 0 Å². The van der Waals surface area contributed by atoms with Crippen LogP contribution in [0.5, 0.6) is 5.75 Å². The van der Waals surface area contributed by atoms with Crippen LogP contribution in [0, 0.1) is 0 Å². The van der Waals surface area contributed by atoms with E-state index in [9.17, 15) is 20.4 Å². The highest BCUT2D eigenvalue weighted by atomic mass is 35.5. The Balaban J connectivity index is 1.73. The molecule has 1 fully saturated rings. The Morgan fingerprint density at radius 2 is 1.59 bits per heavy atom. The summed E-state index contributed by atoms with van der Waals surface area (Å²) < 4.78 is 11.1. The van der Waals surface area contributed by atoms with Crippen molar-refractivity contribution >= 4 is 11.6 Å². The molecule has 0 bridgehead atoms. The van der Waals surface area contributed by atoms with Crippen LogP contribution >= 0.6 is 11.6 Å². The molecule has 2 aromatic carbocycles. The van der Waals surface area contributed by atoms with E-state index in [0.717, 1.165) is 22.4 Å². The summed E-state index contributed by atoms with van der Waals surface area (Å²) in [6, 6.07) is 13.4. The molecule has 158 valence electrons. The van der Waals surface area contributed by atoms with Gasteiger partial charge in [-0.05, 0) is 48.2 Å². The van der Waals surface area contributed by atoms with Crippen LogP contribution in [0.15, 0.2) is 42.5 Å². The van der Waals surface area contributed by atoms with E-state index < -0.39 is 37.1 Å². The van der Waals surface area contributed by atoms with E-state index in [1.54, 1.807) is 6.07 Å². The van der Waals surface area contributed by atoms with Gasteiger partial charge in [-0.15, -0.1) is 0 Å². The molecule has 29 heavy (non-hydrogen) atoms. The van der Waals surface area contributed by atoms with Gasteiger partial charge in [0.25, 0.3) is 0 Å². The fraction of sp³-hybridized carbons (Fsp3) is 0.455. The molecule has 1 aliphatic rings. The first-order chi connectivity index (χ1) is 13.9. The molecule has 0 spiro atoms. The van der Waals surface area contributed by atoms with E-state index in [4.69, 9.17) is 21.1 Å². The van der Waals surface area contributed by atoms with Crippen molar-refractivity contribution in [2.45, 2.75) is 50.3 Å². The van der Waals surface area contributed by atoms with Gasteiger partial charge in [0.15, 0.2) is 0 Å². The maximum Gasteiger partial charge on any atom is 0.119 e. The lowest BCUT2D eigenvalue weighted by molar-refractivity contribution is -0.228. The Kier molecular flexibility index (Phi) is 7.51. The van der Waals surface area contributed by atoms with Crippen LogP contribution in [0.25, 0.3) is 0 Å². The smallest absolute Gasteiger partial charge is 0.119 e. The highest BCUT2D eigenvalue weighted by Gasteiger charge is 2.43. The molecule has 5 unspecified atom stereocenters. The summed E-state index contributed by atoms with van der Waals surface area (Å²) in [6.07, 6.45) is -4.69. The fourth-order valence-corrected chi connectivity index (χ4v) is 3.74. The van der Waals surface area contributed by atoms with Gasteiger partial charge in [0.05, 0.1) is 19.3 Å². The summed E-state index contributed by atoms with van der Waals surface area (Å²) in [5.41, 5.74) is 2.89. The van der Waals surface area contributed by atoms with Crippen molar-refractivity contribution in [3.63, 3.8) is 0 Å². The largest absolute Gasteiger partial charge is 0.494 e. The molecular weight excluding hydrogens is 396 g/mol. The van der Waals surface area contributed by atoms with Gasteiger partial charge in [-0.1, -0.05) is 35.9 Å². The predicted octanol–water partition coefficient (Wildman–Crippen LogP) is 1.71. The van der Waals surface area contributed by atoms with Crippen molar-refractivity contribution < 1.29 is 29.9 Å².